The van der Waals surface area contributed by atoms with Gasteiger partial charge in [-0.05, 0) is 65.9 Å². The first-order valence-corrected chi connectivity index (χ1v) is 12.3. The van der Waals surface area contributed by atoms with Gasteiger partial charge >= 0.3 is 0 Å². The van der Waals surface area contributed by atoms with Gasteiger partial charge in [0.25, 0.3) is 0 Å². The number of methoxy groups -OCH3 is 2. The molecule has 0 saturated carbocycles. The summed E-state index contributed by atoms with van der Waals surface area (Å²) in [5.74, 6) is 2.86. The van der Waals surface area contributed by atoms with Crippen molar-refractivity contribution in [3.63, 3.8) is 0 Å². The molecule has 0 bridgehead atoms. The van der Waals surface area contributed by atoms with Crippen molar-refractivity contribution in [2.75, 3.05) is 45.3 Å². The highest BCUT2D eigenvalue weighted by atomic mass is 16.5. The first-order chi connectivity index (χ1) is 17.0. The molecule has 1 aliphatic rings. The molecule has 0 atom stereocenters. The fourth-order valence-corrected chi connectivity index (χ4v) is 5.11. The minimum absolute atomic E-state index is 0.344. The quantitative estimate of drug-likeness (QED) is 0.375. The third-order valence-electron chi connectivity index (χ3n) is 6.94. The number of aromatic amines is 1. The predicted molar refractivity (Wildman–Crippen MR) is 144 cm³/mol. The minimum atomic E-state index is 0.344. The molecule has 2 aromatic carbocycles. The summed E-state index contributed by atoms with van der Waals surface area (Å²) in [5, 5.41) is 4.65. The van der Waals surface area contributed by atoms with Gasteiger partial charge < -0.3 is 24.7 Å². The second-order valence-corrected chi connectivity index (χ2v) is 9.49. The van der Waals surface area contributed by atoms with E-state index in [0.29, 0.717) is 5.92 Å². The number of rotatable bonds is 6. The Morgan fingerprint density at radius 3 is 2.34 bits per heavy atom. The molecule has 1 aliphatic heterocycles. The van der Waals surface area contributed by atoms with Gasteiger partial charge in [-0.15, -0.1) is 0 Å². The summed E-state index contributed by atoms with van der Waals surface area (Å²) >= 11 is 0. The molecule has 2 aromatic heterocycles. The number of nitrogens with one attached hydrogen (secondary N) is 2. The summed E-state index contributed by atoms with van der Waals surface area (Å²) in [6.45, 7) is 10.7. The maximum Gasteiger partial charge on any atom is 0.161 e. The molecular formula is C29H34N4O2. The first kappa shape index (κ1) is 23.2. The second kappa shape index (κ2) is 9.62. The highest BCUT2D eigenvalue weighted by molar-refractivity contribution is 5.94. The summed E-state index contributed by atoms with van der Waals surface area (Å²) in [7, 11) is 3.33. The summed E-state index contributed by atoms with van der Waals surface area (Å²) in [6, 6.07) is 15.0. The van der Waals surface area contributed by atoms with Crippen LogP contribution in [0, 0.1) is 6.92 Å². The summed E-state index contributed by atoms with van der Waals surface area (Å²) in [6.07, 6.45) is 2.03. The highest BCUT2D eigenvalue weighted by Crippen LogP contribution is 2.40. The SMILES string of the molecule is COc1ccc(-c2[nH]c3ccc(-c4cnc(N5CCNCC5)cc4C)cc3c2C(C)C)cc1OC. The lowest BCUT2D eigenvalue weighted by Crippen LogP contribution is -2.43. The lowest BCUT2D eigenvalue weighted by molar-refractivity contribution is 0.355. The number of aryl methyl sites for hydroxylation is 1. The maximum atomic E-state index is 5.56. The zero-order chi connectivity index (χ0) is 24.5. The summed E-state index contributed by atoms with van der Waals surface area (Å²) in [5.41, 5.74) is 8.25. The van der Waals surface area contributed by atoms with Crippen molar-refractivity contribution in [2.45, 2.75) is 26.7 Å². The number of H-pyrrole nitrogens is 1. The Bertz CT molecular complexity index is 1350. The standard InChI is InChI=1S/C29H34N4O2/c1-18(2)28-22-15-20(23-17-31-27(14-19(23)3)33-12-10-30-11-13-33)6-8-24(22)32-29(28)21-7-9-25(34-4)26(16-21)35-5/h6-9,14-18,30,32H,10-13H2,1-5H3. The largest absolute Gasteiger partial charge is 0.493 e. The minimum Gasteiger partial charge on any atom is -0.493 e. The third kappa shape index (κ3) is 4.34. The molecule has 4 aromatic rings. The topological polar surface area (TPSA) is 62.4 Å². The number of hydrogen-bond donors (Lipinski definition) is 2. The highest BCUT2D eigenvalue weighted by Gasteiger charge is 2.19. The van der Waals surface area contributed by atoms with Crippen LogP contribution in [-0.2, 0) is 0 Å². The molecule has 0 unspecified atom stereocenters. The van der Waals surface area contributed by atoms with Crippen molar-refractivity contribution in [2.24, 2.45) is 0 Å². The number of nitrogens with zero attached hydrogens (tertiary/aromatic N) is 2. The Kier molecular flexibility index (Phi) is 6.39. The number of benzene rings is 2. The number of piperazine rings is 1. The molecule has 0 radical (unpaired) electrons. The Labute approximate surface area is 207 Å². The summed E-state index contributed by atoms with van der Waals surface area (Å²) < 4.78 is 11.0. The van der Waals surface area contributed by atoms with Gasteiger partial charge in [0.1, 0.15) is 5.82 Å². The Morgan fingerprint density at radius 2 is 1.66 bits per heavy atom. The fourth-order valence-electron chi connectivity index (χ4n) is 5.11. The molecule has 182 valence electrons. The van der Waals surface area contributed by atoms with Crippen LogP contribution in [0.1, 0.15) is 30.9 Å². The normalized spacial score (nSPS) is 14.1. The number of anilines is 1. The fraction of sp³-hybridized carbons (Fsp3) is 0.345. The average Bonchev–Trinajstić information content (AvgIpc) is 3.28. The predicted octanol–water partition coefficient (Wildman–Crippen LogP) is 5.76. The van der Waals surface area contributed by atoms with Crippen molar-refractivity contribution in [3.05, 3.63) is 59.8 Å². The van der Waals surface area contributed by atoms with E-state index in [9.17, 15) is 0 Å². The van der Waals surface area contributed by atoms with E-state index in [1.165, 1.54) is 27.6 Å². The number of aromatic nitrogens is 2. The van der Waals surface area contributed by atoms with E-state index in [1.54, 1.807) is 14.2 Å². The van der Waals surface area contributed by atoms with Gasteiger partial charge in [0.05, 0.1) is 19.9 Å². The Morgan fingerprint density at radius 1 is 0.914 bits per heavy atom. The van der Waals surface area contributed by atoms with Gasteiger partial charge in [0, 0.05) is 54.4 Å². The lowest BCUT2D eigenvalue weighted by Gasteiger charge is -2.28. The van der Waals surface area contributed by atoms with Crippen molar-refractivity contribution in [1.82, 2.24) is 15.3 Å². The van der Waals surface area contributed by atoms with Gasteiger partial charge in [-0.1, -0.05) is 19.9 Å². The van der Waals surface area contributed by atoms with Crippen molar-refractivity contribution in [3.8, 4) is 33.9 Å². The molecule has 0 spiro atoms. The van der Waals surface area contributed by atoms with Crippen LogP contribution in [0.25, 0.3) is 33.3 Å². The molecule has 35 heavy (non-hydrogen) atoms. The van der Waals surface area contributed by atoms with Crippen LogP contribution < -0.4 is 19.7 Å². The van der Waals surface area contributed by atoms with Crippen LogP contribution in [0.15, 0.2) is 48.7 Å². The molecule has 1 fully saturated rings. The van der Waals surface area contributed by atoms with Crippen molar-refractivity contribution >= 4 is 16.7 Å². The zero-order valence-electron chi connectivity index (χ0n) is 21.2. The lowest BCUT2D eigenvalue weighted by atomic mass is 9.94. The molecule has 5 rings (SSSR count). The van der Waals surface area contributed by atoms with E-state index in [2.05, 4.69) is 66.3 Å². The maximum absolute atomic E-state index is 5.56. The van der Waals surface area contributed by atoms with E-state index in [1.807, 2.05) is 18.3 Å². The van der Waals surface area contributed by atoms with Gasteiger partial charge in [-0.2, -0.15) is 0 Å². The molecule has 2 N–H and O–H groups in total. The Hall–Kier alpha value is -3.51. The van der Waals surface area contributed by atoms with Crippen LogP contribution in [0.4, 0.5) is 5.82 Å². The number of ether oxygens (including phenoxy) is 2. The molecule has 6 heteroatoms. The van der Waals surface area contributed by atoms with Crippen molar-refractivity contribution in [1.29, 1.82) is 0 Å². The van der Waals surface area contributed by atoms with Crippen LogP contribution in [0.5, 0.6) is 11.5 Å². The van der Waals surface area contributed by atoms with Gasteiger partial charge in [0.2, 0.25) is 0 Å². The molecule has 0 amide bonds. The summed E-state index contributed by atoms with van der Waals surface area (Å²) in [4.78, 5) is 10.9. The van der Waals surface area contributed by atoms with Crippen LogP contribution in [0.2, 0.25) is 0 Å². The van der Waals surface area contributed by atoms with E-state index < -0.39 is 0 Å². The molecule has 1 saturated heterocycles. The molecule has 0 aliphatic carbocycles. The van der Waals surface area contributed by atoms with E-state index >= 15 is 0 Å². The second-order valence-electron chi connectivity index (χ2n) is 9.49. The van der Waals surface area contributed by atoms with Gasteiger partial charge in [-0.3, -0.25) is 0 Å². The Balaban J connectivity index is 1.57. The number of fused-ring (bicyclic) bond motifs is 1. The van der Waals surface area contributed by atoms with Gasteiger partial charge in [0.15, 0.2) is 11.5 Å². The molecule has 3 heterocycles. The van der Waals surface area contributed by atoms with Gasteiger partial charge in [-0.25, -0.2) is 4.98 Å². The van der Waals surface area contributed by atoms with E-state index in [-0.39, 0.29) is 0 Å². The van der Waals surface area contributed by atoms with Crippen molar-refractivity contribution < 1.29 is 9.47 Å². The van der Waals surface area contributed by atoms with Crippen LogP contribution in [0.3, 0.4) is 0 Å². The number of pyridine rings is 1. The third-order valence-corrected chi connectivity index (χ3v) is 6.94. The van der Waals surface area contributed by atoms with E-state index in [0.717, 1.165) is 60.3 Å². The smallest absolute Gasteiger partial charge is 0.161 e. The first-order valence-electron chi connectivity index (χ1n) is 12.3. The average molecular weight is 471 g/mol. The van der Waals surface area contributed by atoms with E-state index in [4.69, 9.17) is 14.5 Å². The molecular weight excluding hydrogens is 436 g/mol. The van der Waals surface area contributed by atoms with Crippen LogP contribution in [-0.4, -0.2) is 50.4 Å². The van der Waals surface area contributed by atoms with Crippen LogP contribution >= 0.6 is 0 Å². The molecule has 6 nitrogen and oxygen atoms in total. The zero-order valence-corrected chi connectivity index (χ0v) is 21.2. The number of hydrogen-bond acceptors (Lipinski definition) is 5. The monoisotopic (exact) mass is 470 g/mol.